The van der Waals surface area contributed by atoms with E-state index in [1.807, 2.05) is 62.4 Å². The molecule has 6 nitrogen and oxygen atoms in total. The minimum atomic E-state index is -0.247. The normalized spacial score (nSPS) is 10.3. The van der Waals surface area contributed by atoms with E-state index >= 15 is 0 Å². The van der Waals surface area contributed by atoms with Crippen LogP contribution in [0.4, 0.5) is 11.6 Å². The van der Waals surface area contributed by atoms with E-state index in [0.717, 1.165) is 28.3 Å². The van der Waals surface area contributed by atoms with Crippen LogP contribution < -0.4 is 15.4 Å². The number of aryl methyl sites for hydroxylation is 2. The third-order valence-electron chi connectivity index (χ3n) is 3.97. The van der Waals surface area contributed by atoms with Crippen molar-refractivity contribution >= 4 is 17.5 Å². The molecule has 6 heteroatoms. The zero-order valence-corrected chi connectivity index (χ0v) is 15.6. The first-order chi connectivity index (χ1) is 13.0. The van der Waals surface area contributed by atoms with E-state index in [0.29, 0.717) is 18.2 Å². The molecule has 1 aromatic heterocycles. The number of hydrogen-bond acceptors (Lipinski definition) is 5. The molecular weight excluding hydrogens is 340 g/mol. The SMILES string of the molecule is COc1ccc(CNC(=O)c2cc(C)nc(Nc3cccc(C)c3)n2)cc1. The second-order valence-corrected chi connectivity index (χ2v) is 6.24. The number of nitrogens with one attached hydrogen (secondary N) is 2. The van der Waals surface area contributed by atoms with E-state index in [1.54, 1.807) is 13.2 Å². The predicted molar refractivity (Wildman–Crippen MR) is 105 cm³/mol. The molecule has 0 spiro atoms. The summed E-state index contributed by atoms with van der Waals surface area (Å²) in [5, 5.41) is 6.03. The highest BCUT2D eigenvalue weighted by Gasteiger charge is 2.11. The minimum absolute atomic E-state index is 0.247. The summed E-state index contributed by atoms with van der Waals surface area (Å²) in [6.45, 7) is 4.26. The topological polar surface area (TPSA) is 76.1 Å². The number of carbonyl (C=O) groups excluding carboxylic acids is 1. The number of anilines is 2. The fourth-order valence-electron chi connectivity index (χ4n) is 2.61. The molecule has 0 radical (unpaired) electrons. The number of aromatic nitrogens is 2. The summed E-state index contributed by atoms with van der Waals surface area (Å²) >= 11 is 0. The third-order valence-corrected chi connectivity index (χ3v) is 3.97. The molecule has 0 aliphatic rings. The van der Waals surface area contributed by atoms with Crippen LogP contribution in [0.25, 0.3) is 0 Å². The smallest absolute Gasteiger partial charge is 0.270 e. The zero-order valence-electron chi connectivity index (χ0n) is 15.6. The first-order valence-electron chi connectivity index (χ1n) is 8.64. The molecule has 0 aliphatic heterocycles. The third kappa shape index (κ3) is 5.04. The van der Waals surface area contributed by atoms with Gasteiger partial charge in [0, 0.05) is 17.9 Å². The van der Waals surface area contributed by atoms with E-state index in [-0.39, 0.29) is 5.91 Å². The van der Waals surface area contributed by atoms with Crippen molar-refractivity contribution in [2.24, 2.45) is 0 Å². The Kier molecular flexibility index (Phi) is 5.66. The molecular formula is C21H22N4O2. The molecule has 0 fully saturated rings. The van der Waals surface area contributed by atoms with Crippen molar-refractivity contribution in [2.45, 2.75) is 20.4 Å². The minimum Gasteiger partial charge on any atom is -0.497 e. The van der Waals surface area contributed by atoms with Gasteiger partial charge in [0.2, 0.25) is 5.95 Å². The van der Waals surface area contributed by atoms with Crippen molar-refractivity contribution in [2.75, 3.05) is 12.4 Å². The maximum Gasteiger partial charge on any atom is 0.270 e. The average Bonchev–Trinajstić information content (AvgIpc) is 2.66. The van der Waals surface area contributed by atoms with E-state index in [2.05, 4.69) is 20.6 Å². The van der Waals surface area contributed by atoms with Crippen LogP contribution in [-0.4, -0.2) is 23.0 Å². The van der Waals surface area contributed by atoms with Crippen LogP contribution in [-0.2, 0) is 6.54 Å². The maximum absolute atomic E-state index is 12.5. The monoisotopic (exact) mass is 362 g/mol. The number of carbonyl (C=O) groups is 1. The second kappa shape index (κ2) is 8.31. The van der Waals surface area contributed by atoms with Gasteiger partial charge in [0.05, 0.1) is 7.11 Å². The lowest BCUT2D eigenvalue weighted by atomic mass is 10.2. The second-order valence-electron chi connectivity index (χ2n) is 6.24. The van der Waals surface area contributed by atoms with Crippen LogP contribution in [0.5, 0.6) is 5.75 Å². The molecule has 0 unspecified atom stereocenters. The standard InChI is InChI=1S/C21H22N4O2/c1-14-5-4-6-17(11-14)24-21-23-15(2)12-19(25-21)20(26)22-13-16-7-9-18(27-3)10-8-16/h4-12H,13H2,1-3H3,(H,22,26)(H,23,24,25). The average molecular weight is 362 g/mol. The van der Waals surface area contributed by atoms with Crippen molar-refractivity contribution in [3.8, 4) is 5.75 Å². The van der Waals surface area contributed by atoms with Crippen molar-refractivity contribution in [1.29, 1.82) is 0 Å². The number of benzene rings is 2. The summed E-state index contributed by atoms with van der Waals surface area (Å²) in [7, 11) is 1.62. The fourth-order valence-corrected chi connectivity index (χ4v) is 2.61. The van der Waals surface area contributed by atoms with Gasteiger partial charge < -0.3 is 15.4 Å². The Balaban J connectivity index is 1.69. The molecule has 2 aromatic carbocycles. The van der Waals surface area contributed by atoms with E-state index in [9.17, 15) is 4.79 Å². The molecule has 0 bridgehead atoms. The van der Waals surface area contributed by atoms with Gasteiger partial charge in [-0.3, -0.25) is 4.79 Å². The number of rotatable bonds is 6. The molecule has 0 saturated carbocycles. The van der Waals surface area contributed by atoms with Crippen molar-refractivity contribution < 1.29 is 9.53 Å². The molecule has 3 aromatic rings. The van der Waals surface area contributed by atoms with Gasteiger partial charge in [-0.1, -0.05) is 24.3 Å². The number of ether oxygens (including phenoxy) is 1. The molecule has 0 atom stereocenters. The highest BCUT2D eigenvalue weighted by molar-refractivity contribution is 5.92. The van der Waals surface area contributed by atoms with Crippen LogP contribution in [0, 0.1) is 13.8 Å². The van der Waals surface area contributed by atoms with Gasteiger partial charge in [-0.15, -0.1) is 0 Å². The van der Waals surface area contributed by atoms with Gasteiger partial charge in [-0.05, 0) is 55.3 Å². The van der Waals surface area contributed by atoms with Gasteiger partial charge in [0.1, 0.15) is 11.4 Å². The Morgan fingerprint density at radius 2 is 1.81 bits per heavy atom. The van der Waals surface area contributed by atoms with E-state index in [1.165, 1.54) is 0 Å². The molecule has 1 heterocycles. The summed E-state index contributed by atoms with van der Waals surface area (Å²) < 4.78 is 5.14. The van der Waals surface area contributed by atoms with Gasteiger partial charge >= 0.3 is 0 Å². The van der Waals surface area contributed by atoms with Gasteiger partial charge in [0.25, 0.3) is 5.91 Å². The fraction of sp³-hybridized carbons (Fsp3) is 0.190. The molecule has 2 N–H and O–H groups in total. The molecule has 138 valence electrons. The molecule has 3 rings (SSSR count). The first kappa shape index (κ1) is 18.4. The van der Waals surface area contributed by atoms with Crippen molar-refractivity contribution in [1.82, 2.24) is 15.3 Å². The Morgan fingerprint density at radius 1 is 1.04 bits per heavy atom. The Hall–Kier alpha value is -3.41. The summed E-state index contributed by atoms with van der Waals surface area (Å²) in [5.74, 6) is 0.933. The van der Waals surface area contributed by atoms with Crippen LogP contribution in [0.2, 0.25) is 0 Å². The molecule has 27 heavy (non-hydrogen) atoms. The van der Waals surface area contributed by atoms with E-state index < -0.39 is 0 Å². The lowest BCUT2D eigenvalue weighted by Gasteiger charge is -2.10. The van der Waals surface area contributed by atoms with Crippen LogP contribution >= 0.6 is 0 Å². The quantitative estimate of drug-likeness (QED) is 0.698. The van der Waals surface area contributed by atoms with Crippen LogP contribution in [0.1, 0.15) is 27.3 Å². The largest absolute Gasteiger partial charge is 0.497 e. The van der Waals surface area contributed by atoms with Crippen molar-refractivity contribution in [3.63, 3.8) is 0 Å². The van der Waals surface area contributed by atoms with E-state index in [4.69, 9.17) is 4.74 Å². The Bertz CT molecular complexity index is 939. The Labute approximate surface area is 158 Å². The molecule has 1 amide bonds. The Morgan fingerprint density at radius 3 is 2.52 bits per heavy atom. The van der Waals surface area contributed by atoms with Crippen molar-refractivity contribution in [3.05, 3.63) is 77.1 Å². The molecule has 0 aliphatic carbocycles. The lowest BCUT2D eigenvalue weighted by molar-refractivity contribution is 0.0945. The lowest BCUT2D eigenvalue weighted by Crippen LogP contribution is -2.24. The number of nitrogens with zero attached hydrogens (tertiary/aromatic N) is 2. The van der Waals surface area contributed by atoms with Gasteiger partial charge in [0.15, 0.2) is 0 Å². The predicted octanol–water partition coefficient (Wildman–Crippen LogP) is 3.78. The summed E-state index contributed by atoms with van der Waals surface area (Å²) in [6, 6.07) is 17.1. The van der Waals surface area contributed by atoms with Gasteiger partial charge in [-0.25, -0.2) is 9.97 Å². The molecule has 0 saturated heterocycles. The van der Waals surface area contributed by atoms with Crippen LogP contribution in [0.15, 0.2) is 54.6 Å². The number of amides is 1. The summed E-state index contributed by atoms with van der Waals surface area (Å²) in [6.07, 6.45) is 0. The summed E-state index contributed by atoms with van der Waals surface area (Å²) in [4.78, 5) is 21.2. The van der Waals surface area contributed by atoms with Crippen LogP contribution in [0.3, 0.4) is 0 Å². The zero-order chi connectivity index (χ0) is 19.2. The maximum atomic E-state index is 12.5. The summed E-state index contributed by atoms with van der Waals surface area (Å²) in [5.41, 5.74) is 4.03. The van der Waals surface area contributed by atoms with Gasteiger partial charge in [-0.2, -0.15) is 0 Å². The first-order valence-corrected chi connectivity index (χ1v) is 8.64. The number of hydrogen-bond donors (Lipinski definition) is 2. The highest BCUT2D eigenvalue weighted by Crippen LogP contribution is 2.16. The highest BCUT2D eigenvalue weighted by atomic mass is 16.5. The number of methoxy groups -OCH3 is 1.